The molecule has 2 amide bonds. The van der Waals surface area contributed by atoms with Crippen LogP contribution in [0.1, 0.15) is 12.0 Å². The molecule has 2 atom stereocenters. The number of amides is 2. The molecule has 0 radical (unpaired) electrons. The highest BCUT2D eigenvalue weighted by atomic mass is 16.3. The number of nitrogens with two attached hydrogens (primary N) is 1. The van der Waals surface area contributed by atoms with E-state index in [-0.39, 0.29) is 16.7 Å². The summed E-state index contributed by atoms with van der Waals surface area (Å²) < 4.78 is 0.0733. The maximum atomic E-state index is 11.6. The molecule has 1 aromatic rings. The van der Waals surface area contributed by atoms with Gasteiger partial charge in [-0.2, -0.15) is 0 Å². The van der Waals surface area contributed by atoms with Crippen molar-refractivity contribution in [3.63, 3.8) is 0 Å². The molecule has 104 valence electrons. The van der Waals surface area contributed by atoms with Crippen molar-refractivity contribution in [1.29, 1.82) is 0 Å². The molecule has 0 spiro atoms. The number of benzene rings is 1. The Labute approximate surface area is 113 Å². The molecular formula is C14H22N3O2+. The van der Waals surface area contributed by atoms with Gasteiger partial charge < -0.3 is 10.8 Å². The van der Waals surface area contributed by atoms with Gasteiger partial charge in [-0.1, -0.05) is 30.3 Å². The number of aliphatic hydroxyl groups excluding tert-OH is 1. The summed E-state index contributed by atoms with van der Waals surface area (Å²) in [6, 6.07) is 9.68. The Hall–Kier alpha value is -1.43. The van der Waals surface area contributed by atoms with Crippen molar-refractivity contribution in [2.45, 2.75) is 25.2 Å². The number of hydrogen-bond acceptors (Lipinski definition) is 3. The minimum Gasteiger partial charge on any atom is -0.391 e. The Morgan fingerprint density at radius 3 is 2.63 bits per heavy atom. The average Bonchev–Trinajstić information content (AvgIpc) is 2.72. The van der Waals surface area contributed by atoms with Gasteiger partial charge in [0, 0.05) is 19.5 Å². The number of likely N-dealkylation sites (tertiary alicyclic amines) is 1. The van der Waals surface area contributed by atoms with Crippen LogP contribution in [0.4, 0.5) is 4.79 Å². The lowest BCUT2D eigenvalue weighted by atomic mass is 10.2. The van der Waals surface area contributed by atoms with Gasteiger partial charge in [0.05, 0.1) is 20.2 Å². The van der Waals surface area contributed by atoms with E-state index in [0.717, 1.165) is 6.54 Å². The third-order valence-corrected chi connectivity index (χ3v) is 3.89. The molecule has 3 N–H and O–H groups in total. The minimum atomic E-state index is -0.398. The quantitative estimate of drug-likeness (QED) is 0.791. The van der Waals surface area contributed by atoms with E-state index in [9.17, 15) is 9.90 Å². The Bertz CT molecular complexity index is 447. The summed E-state index contributed by atoms with van der Waals surface area (Å²) in [7, 11) is 3.59. The molecule has 1 aromatic carbocycles. The second-order valence-corrected chi connectivity index (χ2v) is 5.66. The summed E-state index contributed by atoms with van der Waals surface area (Å²) in [5, 5.41) is 9.89. The third kappa shape index (κ3) is 2.94. The van der Waals surface area contributed by atoms with E-state index in [1.165, 1.54) is 5.56 Å². The zero-order valence-electron chi connectivity index (χ0n) is 11.5. The standard InChI is InChI=1S/C14H21N3O2/c1-17(2,14(15)19)13-8-12(18)10-16(13)9-11-6-4-3-5-7-11/h3-7,12-13,18H,8-10H2,1-2H3,(H-,15,19)/p+1. The molecular weight excluding hydrogens is 242 g/mol. The molecule has 1 heterocycles. The highest BCUT2D eigenvalue weighted by molar-refractivity contribution is 5.64. The number of carbonyl (C=O) groups excluding carboxylic acids is 1. The number of hydrogen-bond donors (Lipinski definition) is 2. The lowest BCUT2D eigenvalue weighted by molar-refractivity contribution is -0.847. The van der Waals surface area contributed by atoms with Crippen molar-refractivity contribution in [2.75, 3.05) is 20.6 Å². The van der Waals surface area contributed by atoms with Crippen LogP contribution in [-0.4, -0.2) is 53.4 Å². The fraction of sp³-hybridized carbons (Fsp3) is 0.500. The molecule has 5 heteroatoms. The van der Waals surface area contributed by atoms with Crippen LogP contribution in [0.3, 0.4) is 0 Å². The number of primary amides is 1. The number of urea groups is 1. The fourth-order valence-electron chi connectivity index (χ4n) is 2.67. The predicted molar refractivity (Wildman–Crippen MR) is 73.0 cm³/mol. The maximum Gasteiger partial charge on any atom is 0.414 e. The van der Waals surface area contributed by atoms with Crippen molar-refractivity contribution < 1.29 is 14.4 Å². The first-order valence-corrected chi connectivity index (χ1v) is 6.51. The smallest absolute Gasteiger partial charge is 0.391 e. The van der Waals surface area contributed by atoms with Crippen molar-refractivity contribution in [3.05, 3.63) is 35.9 Å². The number of quaternary nitrogens is 1. The Kier molecular flexibility index (Phi) is 3.89. The molecule has 19 heavy (non-hydrogen) atoms. The van der Waals surface area contributed by atoms with Gasteiger partial charge in [0.15, 0.2) is 6.17 Å². The molecule has 1 aliphatic rings. The maximum absolute atomic E-state index is 11.6. The van der Waals surface area contributed by atoms with Crippen LogP contribution in [0.5, 0.6) is 0 Å². The average molecular weight is 264 g/mol. The Morgan fingerprint density at radius 1 is 1.42 bits per heavy atom. The Morgan fingerprint density at radius 2 is 2.05 bits per heavy atom. The highest BCUT2D eigenvalue weighted by Gasteiger charge is 2.44. The van der Waals surface area contributed by atoms with Crippen LogP contribution in [0.25, 0.3) is 0 Å². The third-order valence-electron chi connectivity index (χ3n) is 3.89. The summed E-state index contributed by atoms with van der Waals surface area (Å²) in [5.74, 6) is 0. The van der Waals surface area contributed by atoms with Gasteiger partial charge in [-0.05, 0) is 5.56 Å². The van der Waals surface area contributed by atoms with E-state index in [2.05, 4.69) is 4.90 Å². The summed E-state index contributed by atoms with van der Waals surface area (Å²) in [5.41, 5.74) is 6.65. The Balaban J connectivity index is 2.16. The van der Waals surface area contributed by atoms with E-state index < -0.39 is 6.10 Å². The lowest BCUT2D eigenvalue weighted by Crippen LogP contribution is -2.60. The van der Waals surface area contributed by atoms with Gasteiger partial charge in [0.2, 0.25) is 0 Å². The molecule has 0 bridgehead atoms. The largest absolute Gasteiger partial charge is 0.414 e. The molecule has 0 saturated carbocycles. The van der Waals surface area contributed by atoms with Crippen molar-refractivity contribution >= 4 is 6.03 Å². The minimum absolute atomic E-state index is 0.0733. The topological polar surface area (TPSA) is 66.6 Å². The van der Waals surface area contributed by atoms with Crippen LogP contribution in [0.2, 0.25) is 0 Å². The molecule has 0 aromatic heterocycles. The number of nitrogens with zero attached hydrogens (tertiary/aromatic N) is 2. The summed E-state index contributed by atoms with van der Waals surface area (Å²) in [6.45, 7) is 1.30. The van der Waals surface area contributed by atoms with Crippen molar-refractivity contribution in [2.24, 2.45) is 5.73 Å². The molecule has 1 saturated heterocycles. The number of rotatable bonds is 3. The molecule has 1 fully saturated rings. The number of carbonyl (C=O) groups is 1. The monoisotopic (exact) mass is 264 g/mol. The summed E-state index contributed by atoms with van der Waals surface area (Å²) in [6.07, 6.45) is 0.0983. The van der Waals surface area contributed by atoms with Crippen LogP contribution < -0.4 is 5.73 Å². The molecule has 2 unspecified atom stereocenters. The van der Waals surface area contributed by atoms with Gasteiger partial charge in [-0.25, -0.2) is 14.2 Å². The first-order chi connectivity index (χ1) is 8.91. The second kappa shape index (κ2) is 5.28. The van der Waals surface area contributed by atoms with Crippen molar-refractivity contribution in [3.8, 4) is 0 Å². The van der Waals surface area contributed by atoms with Crippen LogP contribution >= 0.6 is 0 Å². The molecule has 5 nitrogen and oxygen atoms in total. The summed E-state index contributed by atoms with van der Waals surface area (Å²) >= 11 is 0. The zero-order chi connectivity index (χ0) is 14.0. The molecule has 1 aliphatic heterocycles. The first kappa shape index (κ1) is 14.0. The van der Waals surface area contributed by atoms with Crippen LogP contribution in [0, 0.1) is 0 Å². The van der Waals surface area contributed by atoms with E-state index in [0.29, 0.717) is 13.0 Å². The van der Waals surface area contributed by atoms with E-state index in [1.54, 1.807) is 14.1 Å². The van der Waals surface area contributed by atoms with E-state index >= 15 is 0 Å². The fourth-order valence-corrected chi connectivity index (χ4v) is 2.67. The van der Waals surface area contributed by atoms with Gasteiger partial charge in [0.25, 0.3) is 0 Å². The van der Waals surface area contributed by atoms with Crippen LogP contribution in [0.15, 0.2) is 30.3 Å². The number of aliphatic hydroxyl groups is 1. The second-order valence-electron chi connectivity index (χ2n) is 5.66. The SMILES string of the molecule is C[N+](C)(C(N)=O)C1CC(O)CN1Cc1ccccc1. The molecule has 0 aliphatic carbocycles. The van der Waals surface area contributed by atoms with Crippen LogP contribution in [-0.2, 0) is 6.54 Å². The normalized spacial score (nSPS) is 24.6. The summed E-state index contributed by atoms with van der Waals surface area (Å²) in [4.78, 5) is 13.7. The highest BCUT2D eigenvalue weighted by Crippen LogP contribution is 2.26. The molecule has 2 rings (SSSR count). The van der Waals surface area contributed by atoms with Gasteiger partial charge in [-0.3, -0.25) is 0 Å². The number of β-amino-alcohol motifs (C(OH)–C–C–N with tert-alkyl or cyclic N) is 1. The predicted octanol–water partition coefficient (Wildman–Crippen LogP) is 0.734. The van der Waals surface area contributed by atoms with Gasteiger partial charge in [0.1, 0.15) is 0 Å². The van der Waals surface area contributed by atoms with Gasteiger partial charge in [-0.15, -0.1) is 0 Å². The zero-order valence-corrected chi connectivity index (χ0v) is 11.5. The van der Waals surface area contributed by atoms with Crippen molar-refractivity contribution in [1.82, 2.24) is 4.90 Å². The first-order valence-electron chi connectivity index (χ1n) is 6.51. The lowest BCUT2D eigenvalue weighted by Gasteiger charge is -2.36. The van der Waals surface area contributed by atoms with E-state index in [1.807, 2.05) is 30.3 Å². The van der Waals surface area contributed by atoms with E-state index in [4.69, 9.17) is 5.73 Å². The van der Waals surface area contributed by atoms with Gasteiger partial charge >= 0.3 is 6.03 Å².